The van der Waals surface area contributed by atoms with Crippen LogP contribution in [-0.2, 0) is 56.9 Å². The highest BCUT2D eigenvalue weighted by Gasteiger charge is 2.69. The molecule has 0 amide bonds. The van der Waals surface area contributed by atoms with E-state index in [-0.39, 0.29) is 99.9 Å². The fourth-order valence-corrected chi connectivity index (χ4v) is 13.3. The zero-order chi connectivity index (χ0) is 48.0. The molecular formula is C50H65Cl3O15. The van der Waals surface area contributed by atoms with Gasteiger partial charge in [0.05, 0.1) is 102 Å². The summed E-state index contributed by atoms with van der Waals surface area (Å²) in [5, 5.41) is 22.6. The smallest absolute Gasteiger partial charge is 0.348 e. The van der Waals surface area contributed by atoms with E-state index in [2.05, 4.69) is 20.1 Å². The van der Waals surface area contributed by atoms with E-state index in [0.29, 0.717) is 51.6 Å². The lowest BCUT2D eigenvalue weighted by molar-refractivity contribution is -0.293. The minimum Gasteiger partial charge on any atom is -0.390 e. The zero-order valence-electron chi connectivity index (χ0n) is 39.1. The Bertz CT molecular complexity index is 2080. The lowest BCUT2D eigenvalue weighted by atomic mass is 9.81. The molecule has 10 aliphatic heterocycles. The number of aliphatic hydroxyl groups is 2. The average Bonchev–Trinajstić information content (AvgIpc) is 3.97. The van der Waals surface area contributed by atoms with E-state index >= 15 is 0 Å². The van der Waals surface area contributed by atoms with Gasteiger partial charge in [0.1, 0.15) is 30.5 Å². The van der Waals surface area contributed by atoms with Crippen LogP contribution in [0, 0.1) is 11.8 Å². The van der Waals surface area contributed by atoms with Gasteiger partial charge in [-0.3, -0.25) is 4.79 Å². The third kappa shape index (κ3) is 10.0. The molecule has 0 radical (unpaired) electrons. The standard InChI is InChI=1S/C50H65Cl3O15/c1-22-13-27(60-35(24(22)3)19-37-42(56)25(4)41(55)36(62-37)17-30-21-58-49(5,6)66-30)7-9-33-23(2)14-29(59-33)11-12-50-20-38-44(67-50)45-46(64-38)47(68-50)43-34(63-45)10-8-28(61-43)18-39(54)65-48(57)40-31(52)15-26(51)16-32(40)53/h15-16,22,25,27-30,33-38,41-47,55-56H,2-3,7-14,17-21H2,1,4-6H3/t22-,25+,27+,28-,29+,30-,33+,34+,35-,36+,37+,38-,41+,42-,43+,44+,45+,46-,47+,50+/m1/s1. The Kier molecular flexibility index (Phi) is 14.3. The van der Waals surface area contributed by atoms with Gasteiger partial charge in [0.2, 0.25) is 0 Å². The van der Waals surface area contributed by atoms with Gasteiger partial charge in [0, 0.05) is 36.6 Å². The molecule has 11 rings (SSSR count). The Labute approximate surface area is 412 Å². The molecule has 6 bridgehead atoms. The Morgan fingerprint density at radius 1 is 0.750 bits per heavy atom. The quantitative estimate of drug-likeness (QED) is 0.114. The fourth-order valence-electron chi connectivity index (χ4n) is 12.3. The number of benzene rings is 1. The number of ether oxygens (including phenoxy) is 11. The predicted molar refractivity (Wildman–Crippen MR) is 245 cm³/mol. The van der Waals surface area contributed by atoms with Crippen LogP contribution in [0.4, 0.5) is 0 Å². The molecule has 0 unspecified atom stereocenters. The van der Waals surface area contributed by atoms with Gasteiger partial charge in [-0.25, -0.2) is 4.79 Å². The van der Waals surface area contributed by atoms with Crippen LogP contribution < -0.4 is 0 Å². The van der Waals surface area contributed by atoms with Crippen LogP contribution in [0.2, 0.25) is 15.1 Å². The highest BCUT2D eigenvalue weighted by Crippen LogP contribution is 2.54. The number of aliphatic hydroxyl groups excluding tert-OH is 2. The Morgan fingerprint density at radius 2 is 1.44 bits per heavy atom. The summed E-state index contributed by atoms with van der Waals surface area (Å²) in [5.74, 6) is -3.52. The molecule has 10 fully saturated rings. The van der Waals surface area contributed by atoms with Crippen molar-refractivity contribution in [2.45, 2.75) is 220 Å². The number of esters is 2. The number of hydrogen-bond acceptors (Lipinski definition) is 15. The summed E-state index contributed by atoms with van der Waals surface area (Å²) in [5.41, 5.74) is 1.91. The number of fused-ring (bicyclic) bond motifs is 1. The molecule has 1 aromatic rings. The van der Waals surface area contributed by atoms with Crippen molar-refractivity contribution in [1.82, 2.24) is 0 Å². The molecule has 0 spiro atoms. The van der Waals surface area contributed by atoms with Gasteiger partial charge in [-0.15, -0.1) is 0 Å². The normalized spacial score (nSPS) is 44.8. The van der Waals surface area contributed by atoms with Crippen molar-refractivity contribution in [2.75, 3.05) is 6.61 Å². The second-order valence-corrected chi connectivity index (χ2v) is 22.5. The van der Waals surface area contributed by atoms with E-state index in [9.17, 15) is 19.8 Å². The second-order valence-electron chi connectivity index (χ2n) is 21.2. The van der Waals surface area contributed by atoms with Crippen molar-refractivity contribution in [3.8, 4) is 0 Å². The van der Waals surface area contributed by atoms with E-state index in [0.717, 1.165) is 36.8 Å². The van der Waals surface area contributed by atoms with Gasteiger partial charge in [-0.1, -0.05) is 61.8 Å². The van der Waals surface area contributed by atoms with Crippen molar-refractivity contribution in [3.05, 3.63) is 57.1 Å². The minimum atomic E-state index is -0.966. The first-order valence-corrected chi connectivity index (χ1v) is 25.7. The van der Waals surface area contributed by atoms with Crippen LogP contribution in [0.5, 0.6) is 0 Å². The third-order valence-electron chi connectivity index (χ3n) is 16.0. The molecule has 376 valence electrons. The molecule has 18 heteroatoms. The number of rotatable bonds is 13. The summed E-state index contributed by atoms with van der Waals surface area (Å²) in [4.78, 5) is 25.9. The monoisotopic (exact) mass is 1010 g/mol. The van der Waals surface area contributed by atoms with E-state index in [1.54, 1.807) is 0 Å². The maximum absolute atomic E-state index is 13.0. The van der Waals surface area contributed by atoms with E-state index in [1.807, 2.05) is 20.8 Å². The van der Waals surface area contributed by atoms with Gasteiger partial charge in [0.15, 0.2) is 11.6 Å². The summed E-state index contributed by atoms with van der Waals surface area (Å²) in [7, 11) is 0. The molecule has 0 aromatic heterocycles. The number of carbonyl (C=O) groups excluding carboxylic acids is 2. The molecule has 1 aromatic carbocycles. The Morgan fingerprint density at radius 3 is 2.18 bits per heavy atom. The van der Waals surface area contributed by atoms with Crippen molar-refractivity contribution in [3.63, 3.8) is 0 Å². The van der Waals surface area contributed by atoms with Gasteiger partial charge >= 0.3 is 11.9 Å². The molecule has 2 N–H and O–H groups in total. The van der Waals surface area contributed by atoms with Crippen molar-refractivity contribution < 1.29 is 71.9 Å². The lowest BCUT2D eigenvalue weighted by Crippen LogP contribution is -2.61. The molecule has 10 heterocycles. The number of hydrogen-bond donors (Lipinski definition) is 2. The van der Waals surface area contributed by atoms with Crippen LogP contribution in [0.1, 0.15) is 115 Å². The summed E-state index contributed by atoms with van der Waals surface area (Å²) < 4.78 is 70.2. The summed E-state index contributed by atoms with van der Waals surface area (Å²) in [6.07, 6.45) is 0.309. The first kappa shape index (κ1) is 49.8. The maximum Gasteiger partial charge on any atom is 0.348 e. The zero-order valence-corrected chi connectivity index (χ0v) is 41.3. The van der Waals surface area contributed by atoms with E-state index in [1.165, 1.54) is 12.1 Å². The van der Waals surface area contributed by atoms with Crippen molar-refractivity contribution >= 4 is 46.7 Å². The lowest BCUT2D eigenvalue weighted by Gasteiger charge is -2.47. The molecule has 68 heavy (non-hydrogen) atoms. The van der Waals surface area contributed by atoms with Crippen LogP contribution >= 0.6 is 34.8 Å². The summed E-state index contributed by atoms with van der Waals surface area (Å²) in [6.45, 7) is 17.0. The average molecular weight is 1010 g/mol. The minimum absolute atomic E-state index is 0.0187. The summed E-state index contributed by atoms with van der Waals surface area (Å²) >= 11 is 18.4. The van der Waals surface area contributed by atoms with Crippen LogP contribution in [0.25, 0.3) is 0 Å². The van der Waals surface area contributed by atoms with Crippen molar-refractivity contribution in [1.29, 1.82) is 0 Å². The van der Waals surface area contributed by atoms with Crippen LogP contribution in [-0.4, -0.2) is 144 Å². The maximum atomic E-state index is 13.0. The van der Waals surface area contributed by atoms with Gasteiger partial charge < -0.3 is 62.3 Å². The van der Waals surface area contributed by atoms with Gasteiger partial charge in [-0.2, -0.15) is 0 Å². The highest BCUT2D eigenvalue weighted by molar-refractivity contribution is 6.42. The van der Waals surface area contributed by atoms with Crippen LogP contribution in [0.3, 0.4) is 0 Å². The number of carbonyl (C=O) groups is 2. The van der Waals surface area contributed by atoms with Crippen LogP contribution in [0.15, 0.2) is 36.4 Å². The predicted octanol–water partition coefficient (Wildman–Crippen LogP) is 7.37. The largest absolute Gasteiger partial charge is 0.390 e. The number of halogens is 3. The van der Waals surface area contributed by atoms with E-state index in [4.69, 9.17) is 86.9 Å². The first-order valence-electron chi connectivity index (χ1n) is 24.5. The van der Waals surface area contributed by atoms with Crippen molar-refractivity contribution in [2.24, 2.45) is 11.8 Å². The molecule has 20 atom stereocenters. The highest BCUT2D eigenvalue weighted by atomic mass is 35.5. The van der Waals surface area contributed by atoms with Gasteiger partial charge in [-0.05, 0) is 88.0 Å². The molecule has 15 nitrogen and oxygen atoms in total. The molecular weight excluding hydrogens is 947 g/mol. The molecule has 0 saturated carbocycles. The Hall–Kier alpha value is -1.77. The van der Waals surface area contributed by atoms with Gasteiger partial charge in [0.25, 0.3) is 0 Å². The molecule has 10 saturated heterocycles. The third-order valence-corrected chi connectivity index (χ3v) is 16.8. The van der Waals surface area contributed by atoms with E-state index < -0.39 is 66.2 Å². The SMILES string of the molecule is C=C1C[C@H](CC[C@@]23C[C@H]4O[C@H]5[C@@H](O2)[C@H]2O[C@@H](CC(=O)OC(=O)c6c(Cl)cc(Cl)cc6Cl)CC[C@@H]2O[C@H]5[C@H]4O3)O[C@H]1CC[C@H]1C[C@@H](C)C(=C)[C@@H](C[C@@H]2O[C@@H](C[C@@H]3COC(C)(C)O3)[C@@H](O)[C@H](C)[C@H]2O)O1. The topological polar surface area (TPSA) is 176 Å². The first-order chi connectivity index (χ1) is 32.3. The summed E-state index contributed by atoms with van der Waals surface area (Å²) in [6, 6.07) is 2.71. The molecule has 10 aliphatic rings. The Balaban J connectivity index is 0.714. The fraction of sp³-hybridized carbons (Fsp3) is 0.760. The second kappa shape index (κ2) is 19.6. The molecule has 0 aliphatic carbocycles.